The Kier molecular flexibility index (Phi) is 6.03. The Balaban J connectivity index is 1.98. The van der Waals surface area contributed by atoms with E-state index in [1.54, 1.807) is 6.07 Å². The van der Waals surface area contributed by atoms with Gasteiger partial charge in [-0.1, -0.05) is 32.6 Å². The van der Waals surface area contributed by atoms with Crippen molar-refractivity contribution in [2.75, 3.05) is 6.61 Å². The second-order valence-corrected chi connectivity index (χ2v) is 5.72. The lowest BCUT2D eigenvalue weighted by molar-refractivity contribution is 0.0690. The fraction of sp³-hybridized carbons (Fsp3) is 0.647. The minimum atomic E-state index is -0.947. The van der Waals surface area contributed by atoms with Crippen LogP contribution in [0, 0.1) is 0 Å². The van der Waals surface area contributed by atoms with Crippen molar-refractivity contribution in [2.45, 2.75) is 64.7 Å². The number of aromatic carboxylic acids is 1. The number of ether oxygens (including phenoxy) is 1. The highest BCUT2D eigenvalue weighted by atomic mass is 16.5. The second-order valence-electron chi connectivity index (χ2n) is 5.72. The molecule has 0 aliphatic heterocycles. The molecule has 1 N–H and O–H groups in total. The summed E-state index contributed by atoms with van der Waals surface area (Å²) in [7, 11) is 0. The van der Waals surface area contributed by atoms with Crippen LogP contribution in [-0.2, 0) is 12.8 Å². The van der Waals surface area contributed by atoms with Gasteiger partial charge >= 0.3 is 5.97 Å². The molecule has 1 heterocycles. The zero-order chi connectivity index (χ0) is 15.1. The molecule has 0 aromatic carbocycles. The molecule has 0 saturated heterocycles. The summed E-state index contributed by atoms with van der Waals surface area (Å²) in [6.07, 6.45) is 9.87. The van der Waals surface area contributed by atoms with E-state index in [0.29, 0.717) is 12.5 Å². The van der Waals surface area contributed by atoms with Gasteiger partial charge < -0.3 is 9.84 Å². The first kappa shape index (κ1) is 15.8. The van der Waals surface area contributed by atoms with Crippen molar-refractivity contribution in [2.24, 2.45) is 0 Å². The molecule has 1 aromatic heterocycles. The van der Waals surface area contributed by atoms with Crippen LogP contribution in [0.4, 0.5) is 0 Å². The normalized spacial score (nSPS) is 13.8. The average Bonchev–Trinajstić information content (AvgIpc) is 2.49. The van der Waals surface area contributed by atoms with Crippen LogP contribution in [-0.4, -0.2) is 22.7 Å². The number of carboxylic acid groups (broad SMARTS) is 1. The van der Waals surface area contributed by atoms with Gasteiger partial charge in [-0.05, 0) is 43.7 Å². The molecule has 0 atom stereocenters. The minimum Gasteiger partial charge on any atom is -0.477 e. The molecule has 1 aliphatic rings. The molecule has 1 aliphatic carbocycles. The highest BCUT2D eigenvalue weighted by Gasteiger charge is 2.19. The van der Waals surface area contributed by atoms with E-state index in [-0.39, 0.29) is 5.56 Å². The highest BCUT2D eigenvalue weighted by molar-refractivity contribution is 5.90. The number of unbranched alkanes of at least 4 members (excludes halogenated alkanes) is 4. The van der Waals surface area contributed by atoms with Crippen LogP contribution in [0.2, 0.25) is 0 Å². The van der Waals surface area contributed by atoms with Crippen LogP contribution in [0.15, 0.2) is 6.07 Å². The van der Waals surface area contributed by atoms with Crippen molar-refractivity contribution in [3.8, 4) is 5.88 Å². The molecule has 4 heteroatoms. The fourth-order valence-electron chi connectivity index (χ4n) is 2.75. The summed E-state index contributed by atoms with van der Waals surface area (Å²) in [6.45, 7) is 2.74. The lowest BCUT2D eigenvalue weighted by Crippen LogP contribution is -2.12. The topological polar surface area (TPSA) is 59.4 Å². The first-order valence-corrected chi connectivity index (χ1v) is 8.11. The molecule has 1 aromatic rings. The lowest BCUT2D eigenvalue weighted by Gasteiger charge is -2.17. The minimum absolute atomic E-state index is 0.212. The lowest BCUT2D eigenvalue weighted by atomic mass is 9.95. The average molecular weight is 291 g/mol. The quantitative estimate of drug-likeness (QED) is 0.735. The molecule has 0 amide bonds. The van der Waals surface area contributed by atoms with Gasteiger partial charge in [-0.15, -0.1) is 0 Å². The zero-order valence-corrected chi connectivity index (χ0v) is 12.9. The van der Waals surface area contributed by atoms with E-state index in [9.17, 15) is 9.90 Å². The number of carbonyl (C=O) groups is 1. The van der Waals surface area contributed by atoms with Gasteiger partial charge in [0.15, 0.2) is 0 Å². The van der Waals surface area contributed by atoms with Gasteiger partial charge in [0.25, 0.3) is 0 Å². The Bertz CT molecular complexity index is 485. The van der Waals surface area contributed by atoms with Crippen LogP contribution in [0.3, 0.4) is 0 Å². The monoisotopic (exact) mass is 291 g/mol. The van der Waals surface area contributed by atoms with E-state index >= 15 is 0 Å². The van der Waals surface area contributed by atoms with E-state index in [1.165, 1.54) is 19.3 Å². The van der Waals surface area contributed by atoms with Gasteiger partial charge in [-0.2, -0.15) is 0 Å². The Morgan fingerprint density at radius 3 is 2.76 bits per heavy atom. The van der Waals surface area contributed by atoms with Crippen molar-refractivity contribution in [1.29, 1.82) is 0 Å². The standard InChI is InChI=1S/C17H25NO3/c1-2-3-4-5-8-11-21-16-14(17(19)20)12-13-9-6-7-10-15(13)18-16/h12H,2-11H2,1H3,(H,19,20). The Morgan fingerprint density at radius 2 is 2.00 bits per heavy atom. The highest BCUT2D eigenvalue weighted by Crippen LogP contribution is 2.26. The van der Waals surface area contributed by atoms with Crippen LogP contribution in [0.25, 0.3) is 0 Å². The molecular formula is C17H25NO3. The third-order valence-corrected chi connectivity index (χ3v) is 3.98. The summed E-state index contributed by atoms with van der Waals surface area (Å²) in [5.41, 5.74) is 2.31. The van der Waals surface area contributed by atoms with E-state index in [1.807, 2.05) is 0 Å². The van der Waals surface area contributed by atoms with E-state index < -0.39 is 5.97 Å². The molecule has 116 valence electrons. The Labute approximate surface area is 126 Å². The van der Waals surface area contributed by atoms with Gasteiger partial charge in [0, 0.05) is 5.69 Å². The maximum atomic E-state index is 11.4. The summed E-state index contributed by atoms with van der Waals surface area (Å²) in [5.74, 6) is -0.643. The van der Waals surface area contributed by atoms with Crippen molar-refractivity contribution in [3.63, 3.8) is 0 Å². The van der Waals surface area contributed by atoms with Gasteiger partial charge in [0.1, 0.15) is 5.56 Å². The first-order valence-electron chi connectivity index (χ1n) is 8.11. The molecule has 0 saturated carbocycles. The number of aromatic nitrogens is 1. The largest absolute Gasteiger partial charge is 0.477 e. The Morgan fingerprint density at radius 1 is 1.24 bits per heavy atom. The zero-order valence-electron chi connectivity index (χ0n) is 12.9. The number of hydrogen-bond donors (Lipinski definition) is 1. The molecule has 0 spiro atoms. The van der Waals surface area contributed by atoms with Crippen LogP contribution in [0.1, 0.15) is 73.5 Å². The summed E-state index contributed by atoms with van der Waals surface area (Å²) in [5, 5.41) is 9.32. The van der Waals surface area contributed by atoms with Crippen LogP contribution in [0.5, 0.6) is 5.88 Å². The summed E-state index contributed by atoms with van der Waals surface area (Å²) >= 11 is 0. The van der Waals surface area contributed by atoms with Crippen molar-refractivity contribution in [1.82, 2.24) is 4.98 Å². The molecule has 4 nitrogen and oxygen atoms in total. The molecule has 0 radical (unpaired) electrons. The molecule has 2 rings (SSSR count). The number of hydrogen-bond acceptors (Lipinski definition) is 3. The third kappa shape index (κ3) is 4.45. The molecule has 21 heavy (non-hydrogen) atoms. The summed E-state index contributed by atoms with van der Waals surface area (Å²) < 4.78 is 5.65. The SMILES string of the molecule is CCCCCCCOc1nc2c(cc1C(=O)O)CCCC2. The predicted molar refractivity (Wildman–Crippen MR) is 82.1 cm³/mol. The summed E-state index contributed by atoms with van der Waals surface area (Å²) in [6, 6.07) is 1.76. The van der Waals surface area contributed by atoms with Crippen molar-refractivity contribution in [3.05, 3.63) is 22.9 Å². The number of rotatable bonds is 8. The third-order valence-electron chi connectivity index (χ3n) is 3.98. The maximum Gasteiger partial charge on any atom is 0.341 e. The van der Waals surface area contributed by atoms with Gasteiger partial charge in [0.2, 0.25) is 5.88 Å². The van der Waals surface area contributed by atoms with Crippen molar-refractivity contribution >= 4 is 5.97 Å². The number of carboxylic acids is 1. The number of fused-ring (bicyclic) bond motifs is 1. The van der Waals surface area contributed by atoms with Gasteiger partial charge in [-0.25, -0.2) is 9.78 Å². The van der Waals surface area contributed by atoms with Crippen molar-refractivity contribution < 1.29 is 14.6 Å². The molecule has 0 bridgehead atoms. The predicted octanol–water partition coefficient (Wildman–Crippen LogP) is 4.01. The number of nitrogens with zero attached hydrogens (tertiary/aromatic N) is 1. The van der Waals surface area contributed by atoms with Crippen LogP contribution >= 0.6 is 0 Å². The van der Waals surface area contributed by atoms with E-state index in [4.69, 9.17) is 4.74 Å². The van der Waals surface area contributed by atoms with Gasteiger partial charge in [0.05, 0.1) is 6.61 Å². The number of aryl methyl sites for hydroxylation is 2. The summed E-state index contributed by atoms with van der Waals surface area (Å²) in [4.78, 5) is 15.8. The van der Waals surface area contributed by atoms with Crippen LogP contribution < -0.4 is 4.74 Å². The van der Waals surface area contributed by atoms with Gasteiger partial charge in [-0.3, -0.25) is 0 Å². The fourth-order valence-corrected chi connectivity index (χ4v) is 2.75. The Hall–Kier alpha value is -1.58. The smallest absolute Gasteiger partial charge is 0.341 e. The number of pyridine rings is 1. The van der Waals surface area contributed by atoms with E-state index in [2.05, 4.69) is 11.9 Å². The molecule has 0 fully saturated rings. The maximum absolute atomic E-state index is 11.4. The molecular weight excluding hydrogens is 266 g/mol. The second kappa shape index (κ2) is 8.01. The molecule has 0 unspecified atom stereocenters. The first-order chi connectivity index (χ1) is 10.2. The van der Waals surface area contributed by atoms with E-state index in [0.717, 1.165) is 49.8 Å².